The summed E-state index contributed by atoms with van der Waals surface area (Å²) in [5.41, 5.74) is 1.29. The van der Waals surface area contributed by atoms with E-state index in [4.69, 9.17) is 0 Å². The van der Waals surface area contributed by atoms with Gasteiger partial charge in [-0.05, 0) is 36.7 Å². The normalized spacial score (nSPS) is 28.5. The molecule has 2 bridgehead atoms. The number of nitrogens with one attached hydrogen (secondary N) is 1. The molecule has 0 unspecified atom stereocenters. The molecule has 0 heterocycles. The number of thioether (sulfide) groups is 1. The Morgan fingerprint density at radius 1 is 1.21 bits per heavy atom. The fourth-order valence-corrected chi connectivity index (χ4v) is 4.30. The van der Waals surface area contributed by atoms with Crippen LogP contribution in [0.25, 0.3) is 0 Å². The lowest BCUT2D eigenvalue weighted by Gasteiger charge is -2.22. The Labute approximate surface area is 119 Å². The molecule has 0 aliphatic heterocycles. The van der Waals surface area contributed by atoms with Crippen LogP contribution in [0.1, 0.15) is 31.2 Å². The molecule has 3 heteroatoms. The van der Waals surface area contributed by atoms with Crippen molar-refractivity contribution in [3.05, 3.63) is 35.9 Å². The quantitative estimate of drug-likeness (QED) is 0.894. The van der Waals surface area contributed by atoms with Gasteiger partial charge >= 0.3 is 0 Å². The average molecular weight is 275 g/mol. The highest BCUT2D eigenvalue weighted by atomic mass is 32.2. The van der Waals surface area contributed by atoms with Crippen LogP contribution in [0.15, 0.2) is 30.3 Å². The Morgan fingerprint density at radius 3 is 2.74 bits per heavy atom. The predicted molar refractivity (Wildman–Crippen MR) is 80.0 cm³/mol. The van der Waals surface area contributed by atoms with E-state index in [1.807, 2.05) is 18.2 Å². The van der Waals surface area contributed by atoms with E-state index in [2.05, 4.69) is 17.4 Å². The number of benzene rings is 1. The molecule has 1 aromatic carbocycles. The second-order valence-corrected chi connectivity index (χ2v) is 6.81. The Bertz CT molecular complexity index is 434. The van der Waals surface area contributed by atoms with Crippen LogP contribution in [0.2, 0.25) is 0 Å². The van der Waals surface area contributed by atoms with Gasteiger partial charge in [-0.3, -0.25) is 4.79 Å². The molecular weight excluding hydrogens is 254 g/mol. The molecule has 0 radical (unpaired) electrons. The highest BCUT2D eigenvalue weighted by molar-refractivity contribution is 7.99. The third-order valence-electron chi connectivity index (χ3n) is 4.43. The first kappa shape index (κ1) is 13.0. The van der Waals surface area contributed by atoms with Gasteiger partial charge in [-0.25, -0.2) is 0 Å². The van der Waals surface area contributed by atoms with Crippen molar-refractivity contribution in [2.45, 2.75) is 37.5 Å². The van der Waals surface area contributed by atoms with E-state index in [1.54, 1.807) is 11.8 Å². The van der Waals surface area contributed by atoms with Gasteiger partial charge in [-0.1, -0.05) is 36.8 Å². The van der Waals surface area contributed by atoms with Crippen LogP contribution in [-0.4, -0.2) is 17.7 Å². The molecular formula is C16H21NOS. The molecule has 2 fully saturated rings. The van der Waals surface area contributed by atoms with Crippen LogP contribution in [0.5, 0.6) is 0 Å². The number of carbonyl (C=O) groups excluding carboxylic acids is 1. The number of fused-ring (bicyclic) bond motifs is 2. The molecule has 1 N–H and O–H groups in total. The summed E-state index contributed by atoms with van der Waals surface area (Å²) in [6.45, 7) is 0. The first-order valence-corrected chi connectivity index (χ1v) is 8.38. The summed E-state index contributed by atoms with van der Waals surface area (Å²) < 4.78 is 0. The average Bonchev–Trinajstić information content (AvgIpc) is 3.02. The van der Waals surface area contributed by atoms with Gasteiger partial charge in [0.25, 0.3) is 0 Å². The van der Waals surface area contributed by atoms with Gasteiger partial charge in [0.1, 0.15) is 0 Å². The minimum absolute atomic E-state index is 0.221. The summed E-state index contributed by atoms with van der Waals surface area (Å²) in [6, 6.07) is 10.8. The van der Waals surface area contributed by atoms with Crippen molar-refractivity contribution >= 4 is 17.7 Å². The van der Waals surface area contributed by atoms with Gasteiger partial charge in [-0.15, -0.1) is 11.8 Å². The molecule has 19 heavy (non-hydrogen) atoms. The lowest BCUT2D eigenvalue weighted by Crippen LogP contribution is -2.39. The summed E-state index contributed by atoms with van der Waals surface area (Å²) >= 11 is 1.71. The van der Waals surface area contributed by atoms with Crippen molar-refractivity contribution in [1.82, 2.24) is 5.32 Å². The number of hydrogen-bond acceptors (Lipinski definition) is 2. The van der Waals surface area contributed by atoms with Crippen LogP contribution in [0, 0.1) is 11.8 Å². The molecule has 2 nitrogen and oxygen atoms in total. The molecule has 3 atom stereocenters. The highest BCUT2D eigenvalue weighted by Gasteiger charge is 2.39. The third kappa shape index (κ3) is 3.33. The Hall–Kier alpha value is -0.960. The molecule has 3 rings (SSSR count). The van der Waals surface area contributed by atoms with E-state index in [0.717, 1.165) is 17.6 Å². The van der Waals surface area contributed by atoms with Crippen LogP contribution in [0.3, 0.4) is 0 Å². The Morgan fingerprint density at radius 2 is 2.05 bits per heavy atom. The maximum Gasteiger partial charge on any atom is 0.230 e. The van der Waals surface area contributed by atoms with Crippen LogP contribution >= 0.6 is 11.8 Å². The summed E-state index contributed by atoms with van der Waals surface area (Å²) in [4.78, 5) is 11.9. The fourth-order valence-electron chi connectivity index (χ4n) is 3.51. The van der Waals surface area contributed by atoms with Crippen molar-refractivity contribution < 1.29 is 4.79 Å². The van der Waals surface area contributed by atoms with E-state index >= 15 is 0 Å². The summed E-state index contributed by atoms with van der Waals surface area (Å²) in [6.07, 6.45) is 5.29. The highest BCUT2D eigenvalue weighted by Crippen LogP contribution is 2.44. The topological polar surface area (TPSA) is 29.1 Å². The van der Waals surface area contributed by atoms with E-state index in [9.17, 15) is 4.79 Å². The predicted octanol–water partition coefficient (Wildman–Crippen LogP) is 3.22. The van der Waals surface area contributed by atoms with Crippen LogP contribution < -0.4 is 5.32 Å². The molecule has 2 aliphatic carbocycles. The first-order valence-electron chi connectivity index (χ1n) is 7.22. The largest absolute Gasteiger partial charge is 0.352 e. The van der Waals surface area contributed by atoms with Gasteiger partial charge in [0.05, 0.1) is 5.75 Å². The standard InChI is InChI=1S/C16H21NOS/c18-16(11-19-10-12-4-2-1-3-5-12)17-15-9-13-6-7-14(15)8-13/h1-5,13-15H,6-11H2,(H,17,18)/t13-,14-,15-/m0/s1. The molecule has 1 aromatic rings. The summed E-state index contributed by atoms with van der Waals surface area (Å²) in [7, 11) is 0. The zero-order valence-electron chi connectivity index (χ0n) is 11.2. The monoisotopic (exact) mass is 275 g/mol. The van der Waals surface area contributed by atoms with Crippen molar-refractivity contribution in [2.24, 2.45) is 11.8 Å². The minimum atomic E-state index is 0.221. The number of carbonyl (C=O) groups is 1. The maximum atomic E-state index is 11.9. The smallest absolute Gasteiger partial charge is 0.230 e. The van der Waals surface area contributed by atoms with Crippen LogP contribution in [-0.2, 0) is 10.5 Å². The number of rotatable bonds is 5. The van der Waals surface area contributed by atoms with Gasteiger partial charge in [0.2, 0.25) is 5.91 Å². The molecule has 0 saturated heterocycles. The molecule has 0 spiro atoms. The van der Waals surface area contributed by atoms with E-state index in [1.165, 1.54) is 31.2 Å². The van der Waals surface area contributed by atoms with Crippen LogP contribution in [0.4, 0.5) is 0 Å². The molecule has 1 amide bonds. The zero-order chi connectivity index (χ0) is 13.1. The maximum absolute atomic E-state index is 11.9. The number of hydrogen-bond donors (Lipinski definition) is 1. The summed E-state index contributed by atoms with van der Waals surface area (Å²) in [5.74, 6) is 3.40. The van der Waals surface area contributed by atoms with Gasteiger partial charge in [0.15, 0.2) is 0 Å². The fraction of sp³-hybridized carbons (Fsp3) is 0.562. The SMILES string of the molecule is O=C(CSCc1ccccc1)N[C@H]1C[C@H]2CC[C@H]1C2. The summed E-state index contributed by atoms with van der Waals surface area (Å²) in [5, 5.41) is 3.24. The molecule has 0 aromatic heterocycles. The van der Waals surface area contributed by atoms with Crippen molar-refractivity contribution in [2.75, 3.05) is 5.75 Å². The number of amides is 1. The third-order valence-corrected chi connectivity index (χ3v) is 5.43. The van der Waals surface area contributed by atoms with Crippen molar-refractivity contribution in [3.8, 4) is 0 Å². The minimum Gasteiger partial charge on any atom is -0.352 e. The molecule has 2 aliphatic rings. The lowest BCUT2D eigenvalue weighted by molar-refractivity contribution is -0.119. The zero-order valence-corrected chi connectivity index (χ0v) is 12.0. The second-order valence-electron chi connectivity index (χ2n) is 5.83. The lowest BCUT2D eigenvalue weighted by atomic mass is 9.95. The molecule has 2 saturated carbocycles. The molecule has 102 valence electrons. The van der Waals surface area contributed by atoms with E-state index in [0.29, 0.717) is 11.8 Å². The Balaban J connectivity index is 1.38. The van der Waals surface area contributed by atoms with E-state index < -0.39 is 0 Å². The van der Waals surface area contributed by atoms with Gasteiger partial charge < -0.3 is 5.32 Å². The van der Waals surface area contributed by atoms with Gasteiger partial charge in [0, 0.05) is 11.8 Å². The van der Waals surface area contributed by atoms with Gasteiger partial charge in [-0.2, -0.15) is 0 Å². The van der Waals surface area contributed by atoms with E-state index in [-0.39, 0.29) is 5.91 Å². The first-order chi connectivity index (χ1) is 9.31. The van der Waals surface area contributed by atoms with Crippen molar-refractivity contribution in [3.63, 3.8) is 0 Å². The van der Waals surface area contributed by atoms with Crippen molar-refractivity contribution in [1.29, 1.82) is 0 Å². The Kier molecular flexibility index (Phi) is 4.12. The second kappa shape index (κ2) is 6.00.